The van der Waals surface area contributed by atoms with Crippen LogP contribution in [0.3, 0.4) is 0 Å². The van der Waals surface area contributed by atoms with Crippen LogP contribution < -0.4 is 15.4 Å². The molecule has 2 heterocycles. The zero-order valence-corrected chi connectivity index (χ0v) is 18.0. The standard InChI is InChI=1S/C25H19N3O3S/c1-15-23(29)27-19-14-18(12-13-20(19)31-15)26-24(30)22-21(16-8-4-2-5-9-16)28-25(32-22)17-10-6-3-7-11-17/h2-15H,1H3,(H,26,30)(H,27,29)/t15-/m0/s1. The zero-order valence-electron chi connectivity index (χ0n) is 17.2. The first-order valence-electron chi connectivity index (χ1n) is 10.1. The van der Waals surface area contributed by atoms with Gasteiger partial charge in [0.2, 0.25) is 0 Å². The Morgan fingerprint density at radius 2 is 1.69 bits per heavy atom. The minimum absolute atomic E-state index is 0.220. The number of hydrogen-bond donors (Lipinski definition) is 2. The average Bonchev–Trinajstić information content (AvgIpc) is 3.27. The van der Waals surface area contributed by atoms with Crippen LogP contribution >= 0.6 is 11.3 Å². The molecular weight excluding hydrogens is 422 g/mol. The first kappa shape index (κ1) is 20.0. The molecule has 0 unspecified atom stereocenters. The Bertz CT molecular complexity index is 1300. The topological polar surface area (TPSA) is 80.3 Å². The molecule has 0 radical (unpaired) electrons. The lowest BCUT2D eigenvalue weighted by Gasteiger charge is -2.23. The number of amides is 2. The van der Waals surface area contributed by atoms with E-state index in [0.717, 1.165) is 16.1 Å². The van der Waals surface area contributed by atoms with E-state index in [2.05, 4.69) is 10.6 Å². The van der Waals surface area contributed by atoms with Gasteiger partial charge in [0.25, 0.3) is 11.8 Å². The van der Waals surface area contributed by atoms with Gasteiger partial charge < -0.3 is 15.4 Å². The summed E-state index contributed by atoms with van der Waals surface area (Å²) in [5, 5.41) is 6.51. The van der Waals surface area contributed by atoms with E-state index in [0.29, 0.717) is 27.7 Å². The summed E-state index contributed by atoms with van der Waals surface area (Å²) in [6.45, 7) is 1.69. The second-order valence-electron chi connectivity index (χ2n) is 7.34. The predicted octanol–water partition coefficient (Wildman–Crippen LogP) is 5.45. The molecule has 1 aromatic heterocycles. The van der Waals surface area contributed by atoms with Crippen LogP contribution in [0.25, 0.3) is 21.8 Å². The van der Waals surface area contributed by atoms with Gasteiger partial charge >= 0.3 is 0 Å². The highest BCUT2D eigenvalue weighted by molar-refractivity contribution is 7.17. The molecule has 0 saturated carbocycles. The highest BCUT2D eigenvalue weighted by Gasteiger charge is 2.25. The lowest BCUT2D eigenvalue weighted by atomic mass is 10.1. The Morgan fingerprint density at radius 3 is 2.41 bits per heavy atom. The number of anilines is 2. The van der Waals surface area contributed by atoms with Crippen molar-refractivity contribution in [2.45, 2.75) is 13.0 Å². The molecular formula is C25H19N3O3S. The van der Waals surface area contributed by atoms with Gasteiger partial charge in [-0.3, -0.25) is 9.59 Å². The number of benzene rings is 3. The monoisotopic (exact) mass is 441 g/mol. The third-order valence-corrected chi connectivity index (χ3v) is 6.17. The molecule has 0 aliphatic carbocycles. The van der Waals surface area contributed by atoms with Crippen LogP contribution in [0.15, 0.2) is 78.9 Å². The molecule has 6 nitrogen and oxygen atoms in total. The van der Waals surface area contributed by atoms with Crippen molar-refractivity contribution in [1.82, 2.24) is 4.98 Å². The fourth-order valence-electron chi connectivity index (χ4n) is 3.44. The van der Waals surface area contributed by atoms with E-state index >= 15 is 0 Å². The third kappa shape index (κ3) is 3.86. The van der Waals surface area contributed by atoms with Gasteiger partial charge in [-0.15, -0.1) is 11.3 Å². The number of ether oxygens (including phenoxy) is 1. The molecule has 1 atom stereocenters. The molecule has 0 spiro atoms. The van der Waals surface area contributed by atoms with E-state index in [-0.39, 0.29) is 11.8 Å². The quantitative estimate of drug-likeness (QED) is 0.441. The average molecular weight is 442 g/mol. The smallest absolute Gasteiger partial charge is 0.268 e. The van der Waals surface area contributed by atoms with Crippen molar-refractivity contribution in [1.29, 1.82) is 0 Å². The molecule has 1 aliphatic heterocycles. The van der Waals surface area contributed by atoms with Crippen LogP contribution in [0.4, 0.5) is 11.4 Å². The second kappa shape index (κ2) is 8.28. The number of hydrogen-bond acceptors (Lipinski definition) is 5. The molecule has 0 bridgehead atoms. The van der Waals surface area contributed by atoms with E-state index < -0.39 is 6.10 Å². The molecule has 0 fully saturated rings. The summed E-state index contributed by atoms with van der Waals surface area (Å²) in [6.07, 6.45) is -0.551. The van der Waals surface area contributed by atoms with Gasteiger partial charge in [0.1, 0.15) is 15.6 Å². The number of carbonyl (C=O) groups excluding carboxylic acids is 2. The summed E-state index contributed by atoms with van der Waals surface area (Å²) < 4.78 is 5.59. The Balaban J connectivity index is 1.49. The van der Waals surface area contributed by atoms with Gasteiger partial charge in [-0.05, 0) is 25.1 Å². The maximum absolute atomic E-state index is 13.3. The summed E-state index contributed by atoms with van der Waals surface area (Å²) >= 11 is 1.35. The van der Waals surface area contributed by atoms with Crippen molar-refractivity contribution in [2.24, 2.45) is 0 Å². The highest BCUT2D eigenvalue weighted by Crippen LogP contribution is 2.36. The molecule has 4 aromatic rings. The highest BCUT2D eigenvalue weighted by atomic mass is 32.1. The van der Waals surface area contributed by atoms with Gasteiger partial charge in [0.15, 0.2) is 6.10 Å². The van der Waals surface area contributed by atoms with Crippen LogP contribution in [0.2, 0.25) is 0 Å². The number of thiazole rings is 1. The van der Waals surface area contributed by atoms with Gasteiger partial charge in [-0.1, -0.05) is 60.7 Å². The summed E-state index contributed by atoms with van der Waals surface area (Å²) in [6, 6.07) is 24.6. The van der Waals surface area contributed by atoms with Crippen LogP contribution in [0.5, 0.6) is 5.75 Å². The fraction of sp³-hybridized carbons (Fsp3) is 0.0800. The van der Waals surface area contributed by atoms with E-state index in [1.165, 1.54) is 11.3 Å². The molecule has 7 heteroatoms. The van der Waals surface area contributed by atoms with Crippen molar-refractivity contribution in [3.05, 3.63) is 83.7 Å². The van der Waals surface area contributed by atoms with Crippen molar-refractivity contribution in [2.75, 3.05) is 10.6 Å². The summed E-state index contributed by atoms with van der Waals surface area (Å²) in [5.74, 6) is 0.0893. The number of rotatable bonds is 4. The van der Waals surface area contributed by atoms with E-state index in [1.807, 2.05) is 60.7 Å². The summed E-state index contributed by atoms with van der Waals surface area (Å²) in [7, 11) is 0. The molecule has 158 valence electrons. The molecule has 3 aromatic carbocycles. The normalized spacial score (nSPS) is 14.8. The number of nitrogens with one attached hydrogen (secondary N) is 2. The number of nitrogens with zero attached hydrogens (tertiary/aromatic N) is 1. The zero-order chi connectivity index (χ0) is 22.1. The third-order valence-electron chi connectivity index (χ3n) is 5.07. The fourth-order valence-corrected chi connectivity index (χ4v) is 4.43. The molecule has 0 saturated heterocycles. The van der Waals surface area contributed by atoms with Gasteiger partial charge in [0, 0.05) is 16.8 Å². The van der Waals surface area contributed by atoms with Crippen LogP contribution in [-0.2, 0) is 4.79 Å². The maximum atomic E-state index is 13.3. The predicted molar refractivity (Wildman–Crippen MR) is 126 cm³/mol. The maximum Gasteiger partial charge on any atom is 0.268 e. The SMILES string of the molecule is C[C@@H]1Oc2ccc(NC(=O)c3sc(-c4ccccc4)nc3-c3ccccc3)cc2NC1=O. The first-order valence-corrected chi connectivity index (χ1v) is 10.9. The molecule has 2 N–H and O–H groups in total. The Morgan fingerprint density at radius 1 is 1.00 bits per heavy atom. The van der Waals surface area contributed by atoms with Crippen LogP contribution in [0.1, 0.15) is 16.6 Å². The Labute approximate surface area is 188 Å². The van der Waals surface area contributed by atoms with Crippen LogP contribution in [-0.4, -0.2) is 22.9 Å². The van der Waals surface area contributed by atoms with Gasteiger partial charge in [-0.25, -0.2) is 4.98 Å². The molecule has 32 heavy (non-hydrogen) atoms. The number of carbonyl (C=O) groups is 2. The van der Waals surface area contributed by atoms with Gasteiger partial charge in [0.05, 0.1) is 11.4 Å². The van der Waals surface area contributed by atoms with E-state index in [1.54, 1.807) is 25.1 Å². The Hall–Kier alpha value is -3.97. The van der Waals surface area contributed by atoms with Gasteiger partial charge in [-0.2, -0.15) is 0 Å². The van der Waals surface area contributed by atoms with E-state index in [9.17, 15) is 9.59 Å². The largest absolute Gasteiger partial charge is 0.479 e. The second-order valence-corrected chi connectivity index (χ2v) is 8.34. The minimum Gasteiger partial charge on any atom is -0.479 e. The first-order chi connectivity index (χ1) is 15.6. The summed E-state index contributed by atoms with van der Waals surface area (Å²) in [4.78, 5) is 30.5. The molecule has 1 aliphatic rings. The lowest BCUT2D eigenvalue weighted by Crippen LogP contribution is -2.34. The summed E-state index contributed by atoms with van der Waals surface area (Å²) in [5.41, 5.74) is 3.55. The molecule has 5 rings (SSSR count). The number of fused-ring (bicyclic) bond motifs is 1. The molecule has 2 amide bonds. The van der Waals surface area contributed by atoms with Crippen molar-refractivity contribution in [3.63, 3.8) is 0 Å². The Kier molecular flexibility index (Phi) is 5.17. The lowest BCUT2D eigenvalue weighted by molar-refractivity contribution is -0.122. The minimum atomic E-state index is -0.551. The van der Waals surface area contributed by atoms with Crippen molar-refractivity contribution in [3.8, 4) is 27.6 Å². The number of aromatic nitrogens is 1. The van der Waals surface area contributed by atoms with Crippen molar-refractivity contribution >= 4 is 34.5 Å². The van der Waals surface area contributed by atoms with Crippen molar-refractivity contribution < 1.29 is 14.3 Å². The van der Waals surface area contributed by atoms with E-state index in [4.69, 9.17) is 9.72 Å². The van der Waals surface area contributed by atoms with Crippen LogP contribution in [0, 0.1) is 0 Å².